The van der Waals surface area contributed by atoms with E-state index >= 15 is 0 Å². The van der Waals surface area contributed by atoms with E-state index in [4.69, 9.17) is 11.5 Å². The summed E-state index contributed by atoms with van der Waals surface area (Å²) in [7, 11) is 0. The molecule has 0 radical (unpaired) electrons. The normalized spacial score (nSPS) is 10.3. The molecule has 0 spiro atoms. The Balaban J connectivity index is 2.47. The summed E-state index contributed by atoms with van der Waals surface area (Å²) in [5.74, 6) is -0.510. The second kappa shape index (κ2) is 5.65. The first-order valence-electron chi connectivity index (χ1n) is 6.56. The molecule has 0 aliphatic rings. The Hall–Kier alpha value is -2.49. The van der Waals surface area contributed by atoms with Gasteiger partial charge in [-0.25, -0.2) is 0 Å². The van der Waals surface area contributed by atoms with E-state index in [-0.39, 0.29) is 0 Å². The van der Waals surface area contributed by atoms with Crippen LogP contribution in [0, 0.1) is 6.92 Å². The summed E-state index contributed by atoms with van der Waals surface area (Å²) in [5, 5.41) is 0. The minimum Gasteiger partial charge on any atom is -0.398 e. The van der Waals surface area contributed by atoms with Crippen molar-refractivity contribution in [1.82, 2.24) is 0 Å². The van der Waals surface area contributed by atoms with E-state index in [1.54, 1.807) is 12.1 Å². The number of hydrogen-bond donors (Lipinski definition) is 2. The highest BCUT2D eigenvalue weighted by Crippen LogP contribution is 2.28. The lowest BCUT2D eigenvalue weighted by Crippen LogP contribution is -2.18. The van der Waals surface area contributed by atoms with Gasteiger partial charge in [0, 0.05) is 23.6 Å². The van der Waals surface area contributed by atoms with E-state index in [2.05, 4.69) is 30.9 Å². The Labute approximate surface area is 119 Å². The van der Waals surface area contributed by atoms with Crippen LogP contribution in [0.4, 0.5) is 17.1 Å². The fourth-order valence-corrected chi connectivity index (χ4v) is 2.24. The van der Waals surface area contributed by atoms with Gasteiger partial charge in [-0.15, -0.1) is 0 Å². The minimum atomic E-state index is -0.510. The van der Waals surface area contributed by atoms with Gasteiger partial charge in [0.05, 0.1) is 5.56 Å². The summed E-state index contributed by atoms with van der Waals surface area (Å²) in [6.07, 6.45) is 0. The van der Waals surface area contributed by atoms with Gasteiger partial charge in [0.15, 0.2) is 0 Å². The maximum Gasteiger partial charge on any atom is 0.250 e. The Morgan fingerprint density at radius 2 is 1.85 bits per heavy atom. The Morgan fingerprint density at radius 1 is 1.15 bits per heavy atom. The van der Waals surface area contributed by atoms with Crippen LogP contribution in [-0.4, -0.2) is 12.5 Å². The molecule has 4 N–H and O–H groups in total. The Kier molecular flexibility index (Phi) is 3.94. The van der Waals surface area contributed by atoms with Gasteiger partial charge in [-0.1, -0.05) is 12.1 Å². The summed E-state index contributed by atoms with van der Waals surface area (Å²) in [6.45, 7) is 4.89. The lowest BCUT2D eigenvalue weighted by Gasteiger charge is -2.24. The van der Waals surface area contributed by atoms with Crippen molar-refractivity contribution in [3.8, 4) is 0 Å². The highest BCUT2D eigenvalue weighted by atomic mass is 16.1. The standard InChI is InChI=1S/C16H19N3O/c1-3-19(12-6-4-5-11(2)9-12)13-7-8-15(17)14(10-13)16(18)20/h4-10H,3,17H2,1-2H3,(H2,18,20). The molecule has 4 nitrogen and oxygen atoms in total. The summed E-state index contributed by atoms with van der Waals surface area (Å²) >= 11 is 0. The Morgan fingerprint density at radius 3 is 2.45 bits per heavy atom. The van der Waals surface area contributed by atoms with Gasteiger partial charge < -0.3 is 16.4 Å². The van der Waals surface area contributed by atoms with Crippen molar-refractivity contribution in [2.75, 3.05) is 17.2 Å². The maximum atomic E-state index is 11.4. The van der Waals surface area contributed by atoms with Gasteiger partial charge in [0.2, 0.25) is 0 Å². The molecule has 0 unspecified atom stereocenters. The molecule has 0 atom stereocenters. The molecule has 4 heteroatoms. The molecule has 0 saturated carbocycles. The largest absolute Gasteiger partial charge is 0.398 e. The summed E-state index contributed by atoms with van der Waals surface area (Å²) in [4.78, 5) is 13.5. The van der Waals surface area contributed by atoms with Crippen LogP contribution >= 0.6 is 0 Å². The zero-order valence-corrected chi connectivity index (χ0v) is 11.8. The number of primary amides is 1. The van der Waals surface area contributed by atoms with Crippen LogP contribution in [-0.2, 0) is 0 Å². The van der Waals surface area contributed by atoms with E-state index in [0.717, 1.165) is 17.9 Å². The first-order chi connectivity index (χ1) is 9.52. The van der Waals surface area contributed by atoms with Crippen molar-refractivity contribution in [3.05, 3.63) is 53.6 Å². The molecule has 0 heterocycles. The van der Waals surface area contributed by atoms with Gasteiger partial charge in [-0.2, -0.15) is 0 Å². The first-order valence-corrected chi connectivity index (χ1v) is 6.56. The SMILES string of the molecule is CCN(c1cccc(C)c1)c1ccc(N)c(C(N)=O)c1. The number of benzene rings is 2. The fourth-order valence-electron chi connectivity index (χ4n) is 2.24. The second-order valence-corrected chi connectivity index (χ2v) is 4.72. The van der Waals surface area contributed by atoms with Gasteiger partial charge >= 0.3 is 0 Å². The molecule has 2 rings (SSSR count). The topological polar surface area (TPSA) is 72.3 Å². The van der Waals surface area contributed by atoms with Gasteiger partial charge in [-0.05, 0) is 49.7 Å². The van der Waals surface area contributed by atoms with Crippen molar-refractivity contribution in [3.63, 3.8) is 0 Å². The molecule has 0 aromatic heterocycles. The summed E-state index contributed by atoms with van der Waals surface area (Å²) < 4.78 is 0. The van der Waals surface area contributed by atoms with Gasteiger partial charge in [0.25, 0.3) is 5.91 Å². The minimum absolute atomic E-state index is 0.355. The Bertz CT molecular complexity index is 637. The van der Waals surface area contributed by atoms with Crippen molar-refractivity contribution >= 4 is 23.0 Å². The predicted molar refractivity (Wildman–Crippen MR) is 83.2 cm³/mol. The molecule has 2 aromatic rings. The summed E-state index contributed by atoms with van der Waals surface area (Å²) in [5.41, 5.74) is 15.1. The fraction of sp³-hybridized carbons (Fsp3) is 0.188. The molecule has 0 saturated heterocycles. The summed E-state index contributed by atoms with van der Waals surface area (Å²) in [6, 6.07) is 13.6. The van der Waals surface area contributed by atoms with Crippen molar-refractivity contribution < 1.29 is 4.79 Å². The third-order valence-electron chi connectivity index (χ3n) is 3.24. The predicted octanol–water partition coefficient (Wildman–Crippen LogP) is 2.83. The third kappa shape index (κ3) is 2.74. The molecule has 0 fully saturated rings. The highest BCUT2D eigenvalue weighted by Gasteiger charge is 2.12. The molecule has 0 bridgehead atoms. The molecular weight excluding hydrogens is 250 g/mol. The molecule has 104 valence electrons. The molecular formula is C16H19N3O. The van der Waals surface area contributed by atoms with Crippen LogP contribution in [0.25, 0.3) is 0 Å². The first kappa shape index (κ1) is 13.9. The number of carbonyl (C=O) groups is 1. The zero-order valence-electron chi connectivity index (χ0n) is 11.8. The average molecular weight is 269 g/mol. The van der Waals surface area contributed by atoms with Crippen LogP contribution in [0.3, 0.4) is 0 Å². The molecule has 0 aliphatic carbocycles. The van der Waals surface area contributed by atoms with Crippen LogP contribution in [0.5, 0.6) is 0 Å². The maximum absolute atomic E-state index is 11.4. The van der Waals surface area contributed by atoms with Crippen LogP contribution < -0.4 is 16.4 Å². The highest BCUT2D eigenvalue weighted by molar-refractivity contribution is 5.99. The second-order valence-electron chi connectivity index (χ2n) is 4.72. The smallest absolute Gasteiger partial charge is 0.250 e. The number of amides is 1. The molecule has 2 aromatic carbocycles. The number of nitrogens with zero attached hydrogens (tertiary/aromatic N) is 1. The number of nitrogens with two attached hydrogens (primary N) is 2. The lowest BCUT2D eigenvalue weighted by molar-refractivity contribution is 0.100. The zero-order chi connectivity index (χ0) is 14.7. The van der Waals surface area contributed by atoms with E-state index in [1.807, 2.05) is 18.2 Å². The van der Waals surface area contributed by atoms with Crippen molar-refractivity contribution in [1.29, 1.82) is 0 Å². The third-order valence-corrected chi connectivity index (χ3v) is 3.24. The molecule has 1 amide bonds. The van der Waals surface area contributed by atoms with Crippen molar-refractivity contribution in [2.45, 2.75) is 13.8 Å². The van der Waals surface area contributed by atoms with E-state index < -0.39 is 5.91 Å². The van der Waals surface area contributed by atoms with Crippen LogP contribution in [0.15, 0.2) is 42.5 Å². The number of nitrogen functional groups attached to an aromatic ring is 1. The number of hydrogen-bond acceptors (Lipinski definition) is 3. The number of rotatable bonds is 4. The average Bonchev–Trinajstić information content (AvgIpc) is 2.41. The number of anilines is 3. The van der Waals surface area contributed by atoms with Crippen molar-refractivity contribution in [2.24, 2.45) is 5.73 Å². The molecule has 0 aliphatic heterocycles. The van der Waals surface area contributed by atoms with Gasteiger partial charge in [0.1, 0.15) is 0 Å². The number of carbonyl (C=O) groups excluding carboxylic acids is 1. The molecule has 20 heavy (non-hydrogen) atoms. The lowest BCUT2D eigenvalue weighted by atomic mass is 10.1. The van der Waals surface area contributed by atoms with E-state index in [9.17, 15) is 4.79 Å². The van der Waals surface area contributed by atoms with Gasteiger partial charge in [-0.3, -0.25) is 4.79 Å². The number of aryl methyl sites for hydroxylation is 1. The van der Waals surface area contributed by atoms with Crippen LogP contribution in [0.1, 0.15) is 22.8 Å². The van der Waals surface area contributed by atoms with E-state index in [0.29, 0.717) is 11.3 Å². The monoisotopic (exact) mass is 269 g/mol. The van der Waals surface area contributed by atoms with Crippen LogP contribution in [0.2, 0.25) is 0 Å². The quantitative estimate of drug-likeness (QED) is 0.838. The van der Waals surface area contributed by atoms with E-state index in [1.165, 1.54) is 5.56 Å².